The minimum Gasteiger partial charge on any atom is -0.369 e. The Morgan fingerprint density at radius 1 is 1.12 bits per heavy atom. The number of hydrogen-bond donors (Lipinski definition) is 1. The molecule has 218 valence electrons. The summed E-state index contributed by atoms with van der Waals surface area (Å²) in [5, 5.41) is 11.0. The van der Waals surface area contributed by atoms with E-state index >= 15 is 0 Å². The van der Waals surface area contributed by atoms with E-state index in [1.807, 2.05) is 0 Å². The second-order valence-corrected chi connectivity index (χ2v) is 11.5. The van der Waals surface area contributed by atoms with Gasteiger partial charge in [-0.2, -0.15) is 13.2 Å². The van der Waals surface area contributed by atoms with Crippen LogP contribution < -0.4 is 4.90 Å². The number of pyridine rings is 1. The summed E-state index contributed by atoms with van der Waals surface area (Å²) in [5.74, 6) is -0.500. The molecule has 0 radical (unpaired) electrons. The predicted octanol–water partition coefficient (Wildman–Crippen LogP) is 5.22. The summed E-state index contributed by atoms with van der Waals surface area (Å²) < 4.78 is 42.5. The van der Waals surface area contributed by atoms with Gasteiger partial charge >= 0.3 is 6.18 Å². The fourth-order valence-electron chi connectivity index (χ4n) is 5.35. The van der Waals surface area contributed by atoms with Crippen LogP contribution in [0.4, 0.5) is 19.0 Å². The van der Waals surface area contributed by atoms with Crippen LogP contribution in [0, 0.1) is 5.92 Å². The van der Waals surface area contributed by atoms with Crippen molar-refractivity contribution in [1.82, 2.24) is 14.8 Å². The number of benzene rings is 1. The van der Waals surface area contributed by atoms with Gasteiger partial charge in [-0.25, -0.2) is 4.98 Å². The third kappa shape index (κ3) is 6.38. The molecule has 1 aliphatic heterocycles. The molecule has 2 atom stereocenters. The molecule has 11 heteroatoms. The molecule has 1 aliphatic carbocycles. The second kappa shape index (κ2) is 11.9. The Morgan fingerprint density at radius 2 is 1.85 bits per heavy atom. The average molecular weight is 581 g/mol. The lowest BCUT2D eigenvalue weighted by Gasteiger charge is -2.35. The Balaban J connectivity index is 1.36. The van der Waals surface area contributed by atoms with Gasteiger partial charge in [-0.1, -0.05) is 35.9 Å². The summed E-state index contributed by atoms with van der Waals surface area (Å²) >= 11 is 6.29. The Bertz CT molecular complexity index is 1240. The maximum atomic E-state index is 14.2. The lowest BCUT2D eigenvalue weighted by molar-refractivity contribution is -0.261. The molecular formula is C29H36ClF3N4O3. The Morgan fingerprint density at radius 3 is 2.48 bits per heavy atom. The van der Waals surface area contributed by atoms with E-state index in [9.17, 15) is 27.9 Å². The van der Waals surface area contributed by atoms with Crippen molar-refractivity contribution in [1.29, 1.82) is 0 Å². The highest BCUT2D eigenvalue weighted by Gasteiger charge is 2.61. The zero-order valence-electron chi connectivity index (χ0n) is 23.0. The zero-order chi connectivity index (χ0) is 29.2. The standard InChI is InChI=1S/C29H36ClF3N4O3/c1-35(2)26(38)23-13-14-24(34-25(23)30)37-16-6-8-19(18-37)7-5-15-36(3)27(39)28(40,29(31,32)33)22-10-4-9-21(17-22)20-11-12-20/h4,9-10,13-14,17,19-20,40H,5-8,11-12,15-16,18H2,1-3H3/t19-,28+/m1/s1. The summed E-state index contributed by atoms with van der Waals surface area (Å²) in [5.41, 5.74) is -2.99. The number of aliphatic hydroxyl groups is 1. The molecule has 40 heavy (non-hydrogen) atoms. The minimum absolute atomic E-state index is 0.0848. The first-order valence-corrected chi connectivity index (χ1v) is 14.0. The smallest absolute Gasteiger partial charge is 0.369 e. The number of amides is 2. The van der Waals surface area contributed by atoms with Crippen LogP contribution >= 0.6 is 11.6 Å². The van der Waals surface area contributed by atoms with Crippen molar-refractivity contribution >= 4 is 29.2 Å². The van der Waals surface area contributed by atoms with Crippen LogP contribution in [0.15, 0.2) is 36.4 Å². The first-order chi connectivity index (χ1) is 18.8. The van der Waals surface area contributed by atoms with E-state index in [4.69, 9.17) is 11.6 Å². The van der Waals surface area contributed by atoms with E-state index in [1.165, 1.54) is 30.1 Å². The summed E-state index contributed by atoms with van der Waals surface area (Å²) in [4.78, 5) is 34.3. The first-order valence-electron chi connectivity index (χ1n) is 13.6. The van der Waals surface area contributed by atoms with Crippen LogP contribution in [-0.4, -0.2) is 78.7 Å². The molecule has 4 rings (SSSR count). The van der Waals surface area contributed by atoms with Crippen molar-refractivity contribution in [3.63, 3.8) is 0 Å². The maximum absolute atomic E-state index is 14.2. The van der Waals surface area contributed by atoms with Gasteiger partial charge in [0, 0.05) is 46.3 Å². The molecule has 2 aromatic rings. The van der Waals surface area contributed by atoms with Gasteiger partial charge in [0.25, 0.3) is 17.4 Å². The lowest BCUT2D eigenvalue weighted by atomic mass is 9.89. The van der Waals surface area contributed by atoms with Gasteiger partial charge in [-0.15, -0.1) is 0 Å². The molecule has 1 N–H and O–H groups in total. The number of nitrogens with zero attached hydrogens (tertiary/aromatic N) is 4. The number of alkyl halides is 3. The number of carbonyl (C=O) groups is 2. The van der Waals surface area contributed by atoms with Gasteiger partial charge in [0.2, 0.25) is 0 Å². The van der Waals surface area contributed by atoms with E-state index < -0.39 is 23.2 Å². The van der Waals surface area contributed by atoms with E-state index in [1.54, 1.807) is 32.3 Å². The molecule has 2 amide bonds. The van der Waals surface area contributed by atoms with Gasteiger partial charge in [-0.3, -0.25) is 9.59 Å². The Labute approximate surface area is 237 Å². The van der Waals surface area contributed by atoms with Gasteiger partial charge in [0.05, 0.1) is 5.56 Å². The molecule has 0 bridgehead atoms. The molecule has 2 aliphatic rings. The van der Waals surface area contributed by atoms with Gasteiger partial charge < -0.3 is 19.8 Å². The monoisotopic (exact) mass is 580 g/mol. The zero-order valence-corrected chi connectivity index (χ0v) is 23.8. The highest BCUT2D eigenvalue weighted by Crippen LogP contribution is 2.44. The SMILES string of the molecule is CN(C)C(=O)c1ccc(N2CCC[C@@H](CCCN(C)C(=O)[C@@](O)(c3cccc(C4CC4)c3)C(F)(F)F)C2)nc1Cl. The third-order valence-corrected chi connectivity index (χ3v) is 8.13. The number of anilines is 1. The van der Waals surface area contributed by atoms with Crippen LogP contribution in [-0.2, 0) is 10.4 Å². The molecule has 0 unspecified atom stereocenters. The van der Waals surface area contributed by atoms with Gasteiger partial charge in [0.15, 0.2) is 0 Å². The van der Waals surface area contributed by atoms with Crippen molar-refractivity contribution in [3.05, 3.63) is 58.2 Å². The van der Waals surface area contributed by atoms with Crippen LogP contribution in [0.25, 0.3) is 0 Å². The van der Waals surface area contributed by atoms with E-state index in [-0.39, 0.29) is 29.4 Å². The van der Waals surface area contributed by atoms with Crippen LogP contribution in [0.2, 0.25) is 5.15 Å². The molecule has 0 spiro atoms. The highest BCUT2D eigenvalue weighted by atomic mass is 35.5. The third-order valence-electron chi connectivity index (χ3n) is 7.84. The number of aromatic nitrogens is 1. The number of carbonyl (C=O) groups excluding carboxylic acids is 2. The number of rotatable bonds is 9. The van der Waals surface area contributed by atoms with E-state index in [2.05, 4.69) is 9.88 Å². The average Bonchev–Trinajstić information content (AvgIpc) is 3.77. The maximum Gasteiger partial charge on any atom is 0.430 e. The Hall–Kier alpha value is -2.85. The summed E-state index contributed by atoms with van der Waals surface area (Å²) in [6.45, 7) is 1.54. The second-order valence-electron chi connectivity index (χ2n) is 11.1. The van der Waals surface area contributed by atoms with E-state index in [0.29, 0.717) is 36.3 Å². The summed E-state index contributed by atoms with van der Waals surface area (Å²) in [6, 6.07) is 9.13. The molecule has 1 aromatic heterocycles. The Kier molecular flexibility index (Phi) is 8.99. The fourth-order valence-corrected chi connectivity index (χ4v) is 5.58. The largest absolute Gasteiger partial charge is 0.430 e. The van der Waals surface area contributed by atoms with Crippen molar-refractivity contribution in [2.24, 2.45) is 5.92 Å². The van der Waals surface area contributed by atoms with Crippen molar-refractivity contribution < 1.29 is 27.9 Å². The quantitative estimate of drug-likeness (QED) is 0.412. The van der Waals surface area contributed by atoms with Crippen molar-refractivity contribution in [2.45, 2.75) is 56.2 Å². The van der Waals surface area contributed by atoms with Crippen molar-refractivity contribution in [2.75, 3.05) is 45.7 Å². The molecule has 1 saturated carbocycles. The van der Waals surface area contributed by atoms with Crippen LogP contribution in [0.1, 0.15) is 65.9 Å². The molecule has 2 heterocycles. The lowest BCUT2D eigenvalue weighted by Crippen LogP contribution is -2.55. The fraction of sp³-hybridized carbons (Fsp3) is 0.552. The molecule has 1 aromatic carbocycles. The normalized spacial score (nSPS) is 19.2. The summed E-state index contributed by atoms with van der Waals surface area (Å²) in [7, 11) is 4.59. The van der Waals surface area contributed by atoms with Crippen molar-refractivity contribution in [3.8, 4) is 0 Å². The molecule has 7 nitrogen and oxygen atoms in total. The number of halogens is 4. The molecule has 1 saturated heterocycles. The highest BCUT2D eigenvalue weighted by molar-refractivity contribution is 6.32. The van der Waals surface area contributed by atoms with Crippen LogP contribution in [0.5, 0.6) is 0 Å². The topological polar surface area (TPSA) is 77.0 Å². The van der Waals surface area contributed by atoms with Gasteiger partial charge in [-0.05, 0) is 68.1 Å². The number of likely N-dealkylation sites (N-methyl/N-ethyl adjacent to an activating group) is 1. The van der Waals surface area contributed by atoms with E-state index in [0.717, 1.165) is 37.1 Å². The number of hydrogen-bond acceptors (Lipinski definition) is 5. The predicted molar refractivity (Wildman–Crippen MR) is 147 cm³/mol. The molecular weight excluding hydrogens is 545 g/mol. The first kappa shape index (κ1) is 30.1. The summed E-state index contributed by atoms with van der Waals surface area (Å²) in [6.07, 6.45) is -0.342. The molecule has 2 fully saturated rings. The van der Waals surface area contributed by atoms with Gasteiger partial charge in [0.1, 0.15) is 11.0 Å². The van der Waals surface area contributed by atoms with Crippen LogP contribution in [0.3, 0.4) is 0 Å². The minimum atomic E-state index is -5.16. The number of piperidine rings is 1.